The van der Waals surface area contributed by atoms with Crippen molar-refractivity contribution in [3.05, 3.63) is 0 Å². The van der Waals surface area contributed by atoms with Gasteiger partial charge in [0.1, 0.15) is 12.5 Å². The summed E-state index contributed by atoms with van der Waals surface area (Å²) in [5.41, 5.74) is -0.327. The van der Waals surface area contributed by atoms with Crippen LogP contribution in [0.5, 0.6) is 0 Å². The number of ether oxygens (including phenoxy) is 2. The van der Waals surface area contributed by atoms with Crippen molar-refractivity contribution in [3.8, 4) is 0 Å². The van der Waals surface area contributed by atoms with Gasteiger partial charge in [-0.05, 0) is 26.7 Å². The van der Waals surface area contributed by atoms with Gasteiger partial charge >= 0.3 is 0 Å². The molecule has 2 fully saturated rings. The maximum Gasteiger partial charge on any atom is 0.225 e. The second-order valence-corrected chi connectivity index (χ2v) is 4.57. The van der Waals surface area contributed by atoms with Crippen molar-refractivity contribution < 1.29 is 14.3 Å². The van der Waals surface area contributed by atoms with E-state index in [1.807, 2.05) is 18.7 Å². The van der Waals surface area contributed by atoms with Gasteiger partial charge in [-0.3, -0.25) is 4.79 Å². The minimum atomic E-state index is -0.327. The monoisotopic (exact) mass is 213 g/mol. The van der Waals surface area contributed by atoms with E-state index in [0.717, 1.165) is 25.8 Å². The van der Waals surface area contributed by atoms with Crippen molar-refractivity contribution in [1.82, 2.24) is 4.90 Å². The second kappa shape index (κ2) is 4.10. The molecule has 0 aromatic rings. The lowest BCUT2D eigenvalue weighted by atomic mass is 10.1. The highest BCUT2D eigenvalue weighted by atomic mass is 16.7. The number of fused-ring (bicyclic) bond motifs is 1. The molecule has 4 heteroatoms. The molecule has 4 nitrogen and oxygen atoms in total. The van der Waals surface area contributed by atoms with Crippen LogP contribution in [-0.4, -0.2) is 36.0 Å². The SMILES string of the molecule is CC(C)OCO[C@@]12CCCN1C(=O)CC2. The smallest absolute Gasteiger partial charge is 0.225 e. The first kappa shape index (κ1) is 10.9. The van der Waals surface area contributed by atoms with Crippen LogP contribution >= 0.6 is 0 Å². The largest absolute Gasteiger partial charge is 0.353 e. The first-order valence-corrected chi connectivity index (χ1v) is 5.70. The van der Waals surface area contributed by atoms with Gasteiger partial charge < -0.3 is 14.4 Å². The Morgan fingerprint density at radius 2 is 2.27 bits per heavy atom. The Labute approximate surface area is 90.5 Å². The van der Waals surface area contributed by atoms with Gasteiger partial charge in [-0.1, -0.05) is 0 Å². The number of amides is 1. The van der Waals surface area contributed by atoms with Crippen molar-refractivity contribution in [2.45, 2.75) is 51.4 Å². The molecule has 0 aromatic heterocycles. The predicted molar refractivity (Wildman–Crippen MR) is 55.1 cm³/mol. The Kier molecular flexibility index (Phi) is 2.98. The van der Waals surface area contributed by atoms with E-state index in [1.165, 1.54) is 0 Å². The van der Waals surface area contributed by atoms with Gasteiger partial charge in [-0.25, -0.2) is 0 Å². The molecule has 0 spiro atoms. The highest BCUT2D eigenvalue weighted by Crippen LogP contribution is 2.40. The molecule has 2 aliphatic rings. The number of carbonyl (C=O) groups is 1. The van der Waals surface area contributed by atoms with Crippen LogP contribution in [0.15, 0.2) is 0 Å². The van der Waals surface area contributed by atoms with Crippen LogP contribution in [0.25, 0.3) is 0 Å². The summed E-state index contributed by atoms with van der Waals surface area (Å²) in [6.45, 7) is 5.10. The molecule has 0 saturated carbocycles. The van der Waals surface area contributed by atoms with E-state index >= 15 is 0 Å². The Morgan fingerprint density at radius 1 is 1.47 bits per heavy atom. The molecule has 0 aliphatic carbocycles. The van der Waals surface area contributed by atoms with E-state index in [2.05, 4.69) is 0 Å². The maximum atomic E-state index is 11.6. The van der Waals surface area contributed by atoms with Crippen molar-refractivity contribution in [2.75, 3.05) is 13.3 Å². The molecule has 0 aromatic carbocycles. The van der Waals surface area contributed by atoms with Crippen LogP contribution in [0.1, 0.15) is 39.5 Å². The minimum absolute atomic E-state index is 0.174. The zero-order valence-electron chi connectivity index (χ0n) is 9.49. The summed E-state index contributed by atoms with van der Waals surface area (Å²) in [5.74, 6) is 0.233. The third kappa shape index (κ3) is 2.01. The Bertz CT molecular complexity index is 254. The molecule has 2 rings (SSSR count). The molecule has 2 aliphatic heterocycles. The van der Waals surface area contributed by atoms with Crippen molar-refractivity contribution in [2.24, 2.45) is 0 Å². The van der Waals surface area contributed by atoms with Crippen LogP contribution in [0.2, 0.25) is 0 Å². The second-order valence-electron chi connectivity index (χ2n) is 4.57. The molecule has 0 N–H and O–H groups in total. The Balaban J connectivity index is 1.91. The zero-order chi connectivity index (χ0) is 10.9. The molecule has 0 radical (unpaired) electrons. The topological polar surface area (TPSA) is 38.8 Å². The van der Waals surface area contributed by atoms with Gasteiger partial charge in [0.25, 0.3) is 0 Å². The Hall–Kier alpha value is -0.610. The van der Waals surface area contributed by atoms with Gasteiger partial charge in [0.05, 0.1) is 6.10 Å². The fraction of sp³-hybridized carbons (Fsp3) is 0.909. The fourth-order valence-corrected chi connectivity index (χ4v) is 2.40. The van der Waals surface area contributed by atoms with E-state index in [9.17, 15) is 4.79 Å². The molecule has 2 saturated heterocycles. The lowest BCUT2D eigenvalue weighted by Gasteiger charge is -2.31. The molecule has 86 valence electrons. The van der Waals surface area contributed by atoms with E-state index in [0.29, 0.717) is 13.2 Å². The van der Waals surface area contributed by atoms with Crippen LogP contribution in [0.4, 0.5) is 0 Å². The first-order chi connectivity index (χ1) is 7.14. The molecule has 1 amide bonds. The average Bonchev–Trinajstić information content (AvgIpc) is 2.68. The van der Waals surface area contributed by atoms with Gasteiger partial charge in [0.2, 0.25) is 5.91 Å². The van der Waals surface area contributed by atoms with Crippen molar-refractivity contribution >= 4 is 5.91 Å². The number of hydrogen-bond acceptors (Lipinski definition) is 3. The van der Waals surface area contributed by atoms with Crippen LogP contribution in [0, 0.1) is 0 Å². The van der Waals surface area contributed by atoms with Crippen molar-refractivity contribution in [1.29, 1.82) is 0 Å². The summed E-state index contributed by atoms with van der Waals surface area (Å²) < 4.78 is 11.2. The standard InChI is InChI=1S/C11H19NO3/c1-9(2)14-8-15-11-5-3-7-12(11)10(13)4-6-11/h9H,3-8H2,1-2H3/t11-/m1/s1. The van der Waals surface area contributed by atoms with E-state index in [-0.39, 0.29) is 17.7 Å². The first-order valence-electron chi connectivity index (χ1n) is 5.70. The molecule has 0 bridgehead atoms. The molecular weight excluding hydrogens is 194 g/mol. The minimum Gasteiger partial charge on any atom is -0.353 e. The van der Waals surface area contributed by atoms with Gasteiger partial charge in [0.15, 0.2) is 0 Å². The number of carbonyl (C=O) groups excluding carboxylic acids is 1. The third-order valence-corrected chi connectivity index (χ3v) is 3.20. The van der Waals surface area contributed by atoms with E-state index < -0.39 is 0 Å². The summed E-state index contributed by atoms with van der Waals surface area (Å²) in [5, 5.41) is 0. The van der Waals surface area contributed by atoms with Crippen molar-refractivity contribution in [3.63, 3.8) is 0 Å². The maximum absolute atomic E-state index is 11.6. The zero-order valence-corrected chi connectivity index (χ0v) is 9.49. The van der Waals surface area contributed by atoms with Crippen LogP contribution in [0.3, 0.4) is 0 Å². The molecule has 2 heterocycles. The van der Waals surface area contributed by atoms with E-state index in [4.69, 9.17) is 9.47 Å². The number of rotatable bonds is 4. The Morgan fingerprint density at radius 3 is 3.00 bits per heavy atom. The third-order valence-electron chi connectivity index (χ3n) is 3.20. The highest BCUT2D eigenvalue weighted by molar-refractivity contribution is 5.79. The summed E-state index contributed by atoms with van der Waals surface area (Å²) in [6, 6.07) is 0. The number of hydrogen-bond donors (Lipinski definition) is 0. The van der Waals surface area contributed by atoms with Crippen LogP contribution < -0.4 is 0 Å². The molecule has 0 unspecified atom stereocenters. The van der Waals surface area contributed by atoms with Gasteiger partial charge in [-0.2, -0.15) is 0 Å². The quantitative estimate of drug-likeness (QED) is 0.664. The normalized spacial score (nSPS) is 30.3. The molecule has 1 atom stereocenters. The molecular formula is C11H19NO3. The summed E-state index contributed by atoms with van der Waals surface area (Å²) >= 11 is 0. The van der Waals surface area contributed by atoms with Gasteiger partial charge in [0, 0.05) is 19.4 Å². The van der Waals surface area contributed by atoms with Crippen LogP contribution in [-0.2, 0) is 14.3 Å². The molecule has 15 heavy (non-hydrogen) atoms. The summed E-state index contributed by atoms with van der Waals surface area (Å²) in [7, 11) is 0. The fourth-order valence-electron chi connectivity index (χ4n) is 2.40. The summed E-state index contributed by atoms with van der Waals surface area (Å²) in [6.07, 6.45) is 3.64. The van der Waals surface area contributed by atoms with Gasteiger partial charge in [-0.15, -0.1) is 0 Å². The number of nitrogens with zero attached hydrogens (tertiary/aromatic N) is 1. The summed E-state index contributed by atoms with van der Waals surface area (Å²) in [4.78, 5) is 13.4. The van der Waals surface area contributed by atoms with E-state index in [1.54, 1.807) is 0 Å². The lowest BCUT2D eigenvalue weighted by Crippen LogP contribution is -2.43. The average molecular weight is 213 g/mol. The predicted octanol–water partition coefficient (Wildman–Crippen LogP) is 1.50. The highest BCUT2D eigenvalue weighted by Gasteiger charge is 2.49. The lowest BCUT2D eigenvalue weighted by molar-refractivity contribution is -0.195.